The van der Waals surface area contributed by atoms with Crippen LogP contribution in [-0.2, 0) is 0 Å². The number of nitrogens with two attached hydrogens (primary N) is 1. The Kier molecular flexibility index (Phi) is 2.79. The highest BCUT2D eigenvalue weighted by Crippen LogP contribution is 2.28. The zero-order chi connectivity index (χ0) is 10.0. The number of nitriles is 1. The van der Waals surface area contributed by atoms with Crippen molar-refractivity contribution in [2.75, 3.05) is 5.73 Å². The minimum absolute atomic E-state index is 0.260. The first kappa shape index (κ1) is 9.88. The summed E-state index contributed by atoms with van der Waals surface area (Å²) in [7, 11) is 0. The lowest BCUT2D eigenvalue weighted by Gasteiger charge is -2.09. The maximum Gasteiger partial charge on any atom is 0.101 e. The van der Waals surface area contributed by atoms with E-state index < -0.39 is 0 Å². The second-order valence-electron chi connectivity index (χ2n) is 3.23. The fourth-order valence-electron chi connectivity index (χ4n) is 1.22. The summed E-state index contributed by atoms with van der Waals surface area (Å²) >= 11 is 5.88. The summed E-state index contributed by atoms with van der Waals surface area (Å²) in [5.41, 5.74) is 7.67. The van der Waals surface area contributed by atoms with Crippen molar-refractivity contribution in [3.63, 3.8) is 0 Å². The molecule has 0 aliphatic rings. The Morgan fingerprint density at radius 2 is 2.08 bits per heavy atom. The molecule has 0 saturated carbocycles. The number of hydrogen-bond acceptors (Lipinski definition) is 2. The van der Waals surface area contributed by atoms with E-state index in [1.165, 1.54) is 0 Å². The third-order valence-corrected chi connectivity index (χ3v) is 2.17. The van der Waals surface area contributed by atoms with Crippen molar-refractivity contribution < 1.29 is 0 Å². The van der Waals surface area contributed by atoms with Crippen molar-refractivity contribution in [3.05, 3.63) is 28.3 Å². The van der Waals surface area contributed by atoms with Crippen LogP contribution in [-0.4, -0.2) is 0 Å². The molecule has 0 aromatic heterocycles. The average molecular weight is 195 g/mol. The minimum atomic E-state index is 0.260. The third-order valence-electron chi connectivity index (χ3n) is 1.88. The molecule has 0 amide bonds. The van der Waals surface area contributed by atoms with E-state index in [-0.39, 0.29) is 5.92 Å². The maximum atomic E-state index is 8.86. The number of anilines is 1. The topological polar surface area (TPSA) is 49.8 Å². The van der Waals surface area contributed by atoms with Gasteiger partial charge in [-0.05, 0) is 23.6 Å². The number of hydrogen-bond donors (Lipinski definition) is 1. The first-order chi connectivity index (χ1) is 6.06. The monoisotopic (exact) mass is 194 g/mol. The fourth-order valence-corrected chi connectivity index (χ4v) is 1.50. The van der Waals surface area contributed by atoms with Crippen molar-refractivity contribution in [1.29, 1.82) is 5.26 Å². The van der Waals surface area contributed by atoms with Crippen molar-refractivity contribution in [3.8, 4) is 6.07 Å². The smallest absolute Gasteiger partial charge is 0.101 e. The van der Waals surface area contributed by atoms with Gasteiger partial charge in [0.15, 0.2) is 0 Å². The summed E-state index contributed by atoms with van der Waals surface area (Å²) in [6.45, 7) is 4.01. The van der Waals surface area contributed by atoms with Crippen molar-refractivity contribution >= 4 is 17.3 Å². The van der Waals surface area contributed by atoms with E-state index in [9.17, 15) is 0 Å². The van der Waals surface area contributed by atoms with Gasteiger partial charge >= 0.3 is 0 Å². The summed E-state index contributed by atoms with van der Waals surface area (Å²) in [5, 5.41) is 9.30. The number of halogens is 1. The maximum absolute atomic E-state index is 8.86. The van der Waals surface area contributed by atoms with Gasteiger partial charge in [0, 0.05) is 5.69 Å². The first-order valence-electron chi connectivity index (χ1n) is 4.05. The van der Waals surface area contributed by atoms with Crippen LogP contribution in [0.25, 0.3) is 0 Å². The molecule has 1 aromatic carbocycles. The molecule has 3 heteroatoms. The number of benzene rings is 1. The Morgan fingerprint density at radius 1 is 1.46 bits per heavy atom. The average Bonchev–Trinajstić information content (AvgIpc) is 2.02. The van der Waals surface area contributed by atoms with Gasteiger partial charge in [-0.2, -0.15) is 5.26 Å². The quantitative estimate of drug-likeness (QED) is 0.699. The molecule has 0 spiro atoms. The van der Waals surface area contributed by atoms with Gasteiger partial charge in [0.1, 0.15) is 6.07 Å². The predicted molar refractivity (Wildman–Crippen MR) is 54.7 cm³/mol. The van der Waals surface area contributed by atoms with Crippen LogP contribution in [0.1, 0.15) is 30.9 Å². The van der Waals surface area contributed by atoms with Gasteiger partial charge in [-0.25, -0.2) is 0 Å². The van der Waals surface area contributed by atoms with Gasteiger partial charge in [0.2, 0.25) is 0 Å². The van der Waals surface area contributed by atoms with Crippen LogP contribution in [0.3, 0.4) is 0 Å². The molecule has 13 heavy (non-hydrogen) atoms. The van der Waals surface area contributed by atoms with E-state index >= 15 is 0 Å². The van der Waals surface area contributed by atoms with E-state index in [0.717, 1.165) is 5.56 Å². The SMILES string of the molecule is CC(C)c1cc(N)cc(Cl)c1C#N. The van der Waals surface area contributed by atoms with Crippen LogP contribution >= 0.6 is 11.6 Å². The molecule has 68 valence electrons. The van der Waals surface area contributed by atoms with Crippen LogP contribution in [0, 0.1) is 11.3 Å². The third kappa shape index (κ3) is 1.93. The van der Waals surface area contributed by atoms with Gasteiger partial charge in [-0.15, -0.1) is 0 Å². The molecule has 2 nitrogen and oxygen atoms in total. The van der Waals surface area contributed by atoms with Crippen LogP contribution in [0.2, 0.25) is 5.02 Å². The van der Waals surface area contributed by atoms with E-state index in [4.69, 9.17) is 22.6 Å². The van der Waals surface area contributed by atoms with Gasteiger partial charge in [0.05, 0.1) is 10.6 Å². The lowest BCUT2D eigenvalue weighted by atomic mass is 9.97. The second kappa shape index (κ2) is 3.68. The number of nitrogens with zero attached hydrogens (tertiary/aromatic N) is 1. The Morgan fingerprint density at radius 3 is 2.54 bits per heavy atom. The largest absolute Gasteiger partial charge is 0.399 e. The summed E-state index contributed by atoms with van der Waals surface area (Å²) in [6.07, 6.45) is 0. The molecule has 1 aromatic rings. The standard InChI is InChI=1S/C10H11ClN2/c1-6(2)8-3-7(13)4-10(11)9(8)5-12/h3-4,6H,13H2,1-2H3. The molecule has 0 aliphatic carbocycles. The van der Waals surface area contributed by atoms with Crippen molar-refractivity contribution in [2.24, 2.45) is 0 Å². The van der Waals surface area contributed by atoms with Crippen LogP contribution < -0.4 is 5.73 Å². The second-order valence-corrected chi connectivity index (χ2v) is 3.64. The van der Waals surface area contributed by atoms with Crippen molar-refractivity contribution in [1.82, 2.24) is 0 Å². The van der Waals surface area contributed by atoms with E-state index in [1.807, 2.05) is 13.8 Å². The summed E-state index contributed by atoms with van der Waals surface area (Å²) in [6, 6.07) is 5.49. The highest BCUT2D eigenvalue weighted by molar-refractivity contribution is 6.32. The number of nitrogen functional groups attached to an aromatic ring is 1. The molecule has 0 heterocycles. The first-order valence-corrected chi connectivity index (χ1v) is 4.43. The van der Waals surface area contributed by atoms with Crippen molar-refractivity contribution in [2.45, 2.75) is 19.8 Å². The lowest BCUT2D eigenvalue weighted by molar-refractivity contribution is 0.863. The Bertz CT molecular complexity index is 364. The van der Waals surface area contributed by atoms with Crippen LogP contribution in [0.4, 0.5) is 5.69 Å². The predicted octanol–water partition coefficient (Wildman–Crippen LogP) is 2.92. The Hall–Kier alpha value is -1.20. The molecule has 0 fully saturated rings. The number of rotatable bonds is 1. The van der Waals surface area contributed by atoms with Gasteiger partial charge in [-0.1, -0.05) is 25.4 Å². The lowest BCUT2D eigenvalue weighted by Crippen LogP contribution is -1.96. The zero-order valence-corrected chi connectivity index (χ0v) is 8.39. The van der Waals surface area contributed by atoms with Gasteiger partial charge in [0.25, 0.3) is 0 Å². The highest BCUT2D eigenvalue weighted by Gasteiger charge is 2.10. The molecule has 0 atom stereocenters. The molecule has 0 aliphatic heterocycles. The molecule has 0 bridgehead atoms. The molecule has 1 rings (SSSR count). The molecular weight excluding hydrogens is 184 g/mol. The van der Waals surface area contributed by atoms with Crippen LogP contribution in [0.15, 0.2) is 12.1 Å². The fraction of sp³-hybridized carbons (Fsp3) is 0.300. The molecule has 0 unspecified atom stereocenters. The molecule has 0 saturated heterocycles. The Balaban J connectivity index is 3.41. The molecule has 0 radical (unpaired) electrons. The molecule has 2 N–H and O–H groups in total. The zero-order valence-electron chi connectivity index (χ0n) is 7.63. The molecular formula is C10H11ClN2. The highest BCUT2D eigenvalue weighted by atomic mass is 35.5. The summed E-state index contributed by atoms with van der Waals surface area (Å²) in [4.78, 5) is 0. The van der Waals surface area contributed by atoms with E-state index in [1.54, 1.807) is 12.1 Å². The summed E-state index contributed by atoms with van der Waals surface area (Å²) in [5.74, 6) is 0.260. The normalized spacial score (nSPS) is 10.1. The van der Waals surface area contributed by atoms with Gasteiger partial charge in [-0.3, -0.25) is 0 Å². The van der Waals surface area contributed by atoms with Crippen LogP contribution in [0.5, 0.6) is 0 Å². The summed E-state index contributed by atoms with van der Waals surface area (Å²) < 4.78 is 0. The van der Waals surface area contributed by atoms with E-state index in [0.29, 0.717) is 16.3 Å². The van der Waals surface area contributed by atoms with Gasteiger partial charge < -0.3 is 5.73 Å². The Labute approximate surface area is 82.9 Å². The van der Waals surface area contributed by atoms with E-state index in [2.05, 4.69) is 6.07 Å². The minimum Gasteiger partial charge on any atom is -0.399 e.